The van der Waals surface area contributed by atoms with Gasteiger partial charge in [-0.2, -0.15) is 5.10 Å². The van der Waals surface area contributed by atoms with Gasteiger partial charge in [-0.15, -0.1) is 24.0 Å². The minimum atomic E-state index is 0. The topological polar surface area (TPSA) is 63.5 Å². The third kappa shape index (κ3) is 7.20. The first-order chi connectivity index (χ1) is 11.2. The average Bonchev–Trinajstić information content (AvgIpc) is 3.04. The molecule has 0 amide bonds. The zero-order chi connectivity index (χ0) is 16.5. The normalized spacial score (nSPS) is 12.2. The fourth-order valence-corrected chi connectivity index (χ4v) is 2.15. The van der Waals surface area contributed by atoms with Gasteiger partial charge in [0.05, 0.1) is 13.1 Å². The Balaban J connectivity index is 0.00000288. The zero-order valence-electron chi connectivity index (χ0n) is 14.4. The molecule has 0 radical (unpaired) electrons. The lowest BCUT2D eigenvalue weighted by Crippen LogP contribution is -2.42. The smallest absolute Gasteiger partial charge is 0.191 e. The largest absolute Gasteiger partial charge is 0.489 e. The Morgan fingerprint density at radius 3 is 2.83 bits per heavy atom. The molecule has 0 aliphatic heterocycles. The molecule has 1 unspecified atom stereocenters. The maximum atomic E-state index is 5.89. The second-order valence-corrected chi connectivity index (χ2v) is 5.39. The van der Waals surface area contributed by atoms with Crippen molar-refractivity contribution >= 4 is 29.9 Å². The molecular weight excluding hydrogens is 417 g/mol. The van der Waals surface area contributed by atoms with Crippen molar-refractivity contribution in [1.82, 2.24) is 20.4 Å². The molecule has 6 nitrogen and oxygen atoms in total. The summed E-state index contributed by atoms with van der Waals surface area (Å²) < 4.78 is 7.77. The third-order valence-electron chi connectivity index (χ3n) is 3.30. The van der Waals surface area contributed by atoms with Gasteiger partial charge in [-0.05, 0) is 37.6 Å². The zero-order valence-corrected chi connectivity index (χ0v) is 16.7. The molecule has 0 aliphatic carbocycles. The number of guanidine groups is 1. The molecule has 0 spiro atoms. The van der Waals surface area contributed by atoms with Crippen molar-refractivity contribution in [2.75, 3.05) is 20.1 Å². The lowest BCUT2D eigenvalue weighted by atomic mass is 10.2. The van der Waals surface area contributed by atoms with E-state index in [1.807, 2.05) is 42.1 Å². The van der Waals surface area contributed by atoms with Crippen molar-refractivity contribution < 1.29 is 4.74 Å². The molecule has 2 rings (SSSR count). The van der Waals surface area contributed by atoms with Gasteiger partial charge in [0.2, 0.25) is 0 Å². The van der Waals surface area contributed by atoms with Gasteiger partial charge < -0.3 is 15.4 Å². The van der Waals surface area contributed by atoms with Gasteiger partial charge in [0.25, 0.3) is 0 Å². The van der Waals surface area contributed by atoms with Crippen molar-refractivity contribution in [1.29, 1.82) is 0 Å². The predicted octanol–water partition coefficient (Wildman–Crippen LogP) is 2.44. The van der Waals surface area contributed by atoms with E-state index in [-0.39, 0.29) is 30.1 Å². The summed E-state index contributed by atoms with van der Waals surface area (Å²) in [5, 5.41) is 10.7. The highest BCUT2D eigenvalue weighted by molar-refractivity contribution is 14.0. The molecule has 1 aromatic carbocycles. The molecule has 1 aromatic heterocycles. The van der Waals surface area contributed by atoms with Crippen molar-refractivity contribution in [3.8, 4) is 5.75 Å². The van der Waals surface area contributed by atoms with E-state index in [1.54, 1.807) is 13.2 Å². The van der Waals surface area contributed by atoms with Crippen LogP contribution in [0, 0.1) is 6.92 Å². The van der Waals surface area contributed by atoms with Crippen molar-refractivity contribution in [3.63, 3.8) is 0 Å². The van der Waals surface area contributed by atoms with Gasteiger partial charge in [-0.25, -0.2) is 0 Å². The summed E-state index contributed by atoms with van der Waals surface area (Å²) in [4.78, 5) is 4.21. The molecule has 0 saturated carbocycles. The Morgan fingerprint density at radius 2 is 2.17 bits per heavy atom. The standard InChI is InChI=1S/C17H25N5O.HI/c1-14-6-4-7-16(12-14)23-15(2)13-20-17(18-3)19-9-11-22-10-5-8-21-22;/h4-8,10,12,15H,9,11,13H2,1-3H3,(H2,18,19,20);1H. The summed E-state index contributed by atoms with van der Waals surface area (Å²) in [6.45, 7) is 6.32. The molecule has 0 bridgehead atoms. The first kappa shape index (κ1) is 20.3. The van der Waals surface area contributed by atoms with Gasteiger partial charge >= 0.3 is 0 Å². The van der Waals surface area contributed by atoms with Crippen LogP contribution in [0.5, 0.6) is 5.75 Å². The average molecular weight is 443 g/mol. The molecule has 1 atom stereocenters. The molecule has 1 heterocycles. The highest BCUT2D eigenvalue weighted by Gasteiger charge is 2.05. The van der Waals surface area contributed by atoms with Gasteiger partial charge in [-0.3, -0.25) is 9.67 Å². The molecule has 7 heteroatoms. The number of nitrogens with zero attached hydrogens (tertiary/aromatic N) is 3. The highest BCUT2D eigenvalue weighted by atomic mass is 127. The van der Waals surface area contributed by atoms with E-state index in [0.717, 1.165) is 24.8 Å². The van der Waals surface area contributed by atoms with Gasteiger partial charge in [0, 0.05) is 26.0 Å². The molecule has 24 heavy (non-hydrogen) atoms. The molecule has 2 aromatic rings. The number of halogens is 1. The number of aromatic nitrogens is 2. The molecule has 0 fully saturated rings. The Hall–Kier alpha value is -1.77. The monoisotopic (exact) mass is 443 g/mol. The van der Waals surface area contributed by atoms with E-state index in [0.29, 0.717) is 6.54 Å². The van der Waals surface area contributed by atoms with Crippen molar-refractivity contribution in [3.05, 3.63) is 48.3 Å². The second kappa shape index (κ2) is 10.9. The van der Waals surface area contributed by atoms with Crippen LogP contribution in [-0.2, 0) is 6.54 Å². The molecule has 0 saturated heterocycles. The minimum absolute atomic E-state index is 0. The van der Waals surface area contributed by atoms with E-state index < -0.39 is 0 Å². The minimum Gasteiger partial charge on any atom is -0.489 e. The maximum absolute atomic E-state index is 5.89. The lowest BCUT2D eigenvalue weighted by Gasteiger charge is -2.18. The van der Waals surface area contributed by atoms with Gasteiger partial charge in [0.1, 0.15) is 11.9 Å². The SMILES string of the molecule is CN=C(NCCn1cccn1)NCC(C)Oc1cccc(C)c1.I. The Labute approximate surface area is 160 Å². The Morgan fingerprint density at radius 1 is 1.33 bits per heavy atom. The molecule has 0 aliphatic rings. The first-order valence-electron chi connectivity index (χ1n) is 7.82. The number of ether oxygens (including phenoxy) is 1. The summed E-state index contributed by atoms with van der Waals surface area (Å²) in [5.41, 5.74) is 1.19. The van der Waals surface area contributed by atoms with E-state index in [9.17, 15) is 0 Å². The summed E-state index contributed by atoms with van der Waals surface area (Å²) in [6, 6.07) is 9.98. The van der Waals surface area contributed by atoms with Gasteiger partial charge in [-0.1, -0.05) is 12.1 Å². The van der Waals surface area contributed by atoms with Gasteiger partial charge in [0.15, 0.2) is 5.96 Å². The lowest BCUT2D eigenvalue weighted by molar-refractivity contribution is 0.223. The van der Waals surface area contributed by atoms with E-state index in [1.165, 1.54) is 5.56 Å². The van der Waals surface area contributed by atoms with Crippen LogP contribution in [0.3, 0.4) is 0 Å². The number of hydrogen-bond donors (Lipinski definition) is 2. The number of hydrogen-bond acceptors (Lipinski definition) is 3. The Kier molecular flexibility index (Phi) is 9.21. The maximum Gasteiger partial charge on any atom is 0.191 e. The number of benzene rings is 1. The molecule has 2 N–H and O–H groups in total. The van der Waals surface area contributed by atoms with Crippen LogP contribution in [0.4, 0.5) is 0 Å². The summed E-state index contributed by atoms with van der Waals surface area (Å²) in [5.74, 6) is 1.65. The second-order valence-electron chi connectivity index (χ2n) is 5.39. The predicted molar refractivity (Wildman–Crippen MR) is 108 cm³/mol. The van der Waals surface area contributed by atoms with Crippen LogP contribution in [0.1, 0.15) is 12.5 Å². The Bertz CT molecular complexity index is 615. The van der Waals surface area contributed by atoms with Crippen LogP contribution in [0.15, 0.2) is 47.7 Å². The fraction of sp³-hybridized carbons (Fsp3) is 0.412. The van der Waals surface area contributed by atoms with E-state index >= 15 is 0 Å². The number of aliphatic imine (C=N–C) groups is 1. The van der Waals surface area contributed by atoms with Crippen LogP contribution in [0.2, 0.25) is 0 Å². The fourth-order valence-electron chi connectivity index (χ4n) is 2.15. The highest BCUT2D eigenvalue weighted by Crippen LogP contribution is 2.13. The van der Waals surface area contributed by atoms with Crippen LogP contribution >= 0.6 is 24.0 Å². The molecule has 132 valence electrons. The van der Waals surface area contributed by atoms with Crippen LogP contribution in [-0.4, -0.2) is 42.0 Å². The number of aryl methyl sites for hydroxylation is 1. The summed E-state index contributed by atoms with van der Waals surface area (Å²) >= 11 is 0. The summed E-state index contributed by atoms with van der Waals surface area (Å²) in [7, 11) is 1.76. The van der Waals surface area contributed by atoms with Crippen LogP contribution in [0.25, 0.3) is 0 Å². The third-order valence-corrected chi connectivity index (χ3v) is 3.30. The number of rotatable bonds is 7. The van der Waals surface area contributed by atoms with Crippen LogP contribution < -0.4 is 15.4 Å². The van der Waals surface area contributed by atoms with E-state index in [4.69, 9.17) is 4.74 Å². The van der Waals surface area contributed by atoms with E-state index in [2.05, 4.69) is 33.7 Å². The summed E-state index contributed by atoms with van der Waals surface area (Å²) in [6.07, 6.45) is 3.76. The first-order valence-corrected chi connectivity index (χ1v) is 7.82. The number of nitrogens with one attached hydrogen (secondary N) is 2. The quantitative estimate of drug-likeness (QED) is 0.392. The molecular formula is C17H26IN5O. The van der Waals surface area contributed by atoms with Crippen molar-refractivity contribution in [2.24, 2.45) is 4.99 Å². The van der Waals surface area contributed by atoms with Crippen molar-refractivity contribution in [2.45, 2.75) is 26.5 Å².